The molecular weight excluding hydrogens is 416 g/mol. The van der Waals surface area contributed by atoms with Gasteiger partial charge in [0.1, 0.15) is 23.7 Å². The second-order valence-corrected chi connectivity index (χ2v) is 8.79. The second-order valence-electron chi connectivity index (χ2n) is 8.79. The van der Waals surface area contributed by atoms with Crippen molar-refractivity contribution in [2.45, 2.75) is 58.8 Å². The molecule has 0 aromatic carbocycles. The van der Waals surface area contributed by atoms with Crippen molar-refractivity contribution in [2.75, 3.05) is 23.4 Å². The lowest BCUT2D eigenvalue weighted by atomic mass is 10.1. The van der Waals surface area contributed by atoms with Crippen molar-refractivity contribution in [1.82, 2.24) is 30.0 Å². The van der Waals surface area contributed by atoms with Gasteiger partial charge in [0.05, 0.1) is 17.8 Å². The SMILES string of the molecule is CCCn1cnnc1-c1cccc(N2Cc3c(cc(N4CCC[C@H]4C)nc3CNC)C2=O)n1. The van der Waals surface area contributed by atoms with Gasteiger partial charge in [0.15, 0.2) is 5.82 Å². The molecule has 2 aliphatic rings. The van der Waals surface area contributed by atoms with Gasteiger partial charge in [-0.15, -0.1) is 10.2 Å². The number of aryl methyl sites for hydroxylation is 1. The first-order chi connectivity index (χ1) is 16.1. The zero-order valence-electron chi connectivity index (χ0n) is 19.5. The summed E-state index contributed by atoms with van der Waals surface area (Å²) in [6.07, 6.45) is 5.00. The fraction of sp³-hybridized carbons (Fsp3) is 0.458. The lowest BCUT2D eigenvalue weighted by Crippen LogP contribution is -2.28. The fourth-order valence-electron chi connectivity index (χ4n) is 4.83. The first kappa shape index (κ1) is 21.5. The Labute approximate surface area is 193 Å². The fourth-order valence-corrected chi connectivity index (χ4v) is 4.83. The molecule has 5 heterocycles. The molecule has 3 aromatic heterocycles. The van der Waals surface area contributed by atoms with Crippen molar-refractivity contribution in [3.05, 3.63) is 47.4 Å². The van der Waals surface area contributed by atoms with Crippen LogP contribution in [-0.2, 0) is 19.6 Å². The maximum Gasteiger partial charge on any atom is 0.260 e. The first-order valence-corrected chi connectivity index (χ1v) is 11.7. The number of aromatic nitrogens is 5. The summed E-state index contributed by atoms with van der Waals surface area (Å²) in [5.74, 6) is 2.20. The van der Waals surface area contributed by atoms with Crippen molar-refractivity contribution in [2.24, 2.45) is 0 Å². The minimum atomic E-state index is -0.0301. The van der Waals surface area contributed by atoms with Crippen molar-refractivity contribution >= 4 is 17.5 Å². The highest BCUT2D eigenvalue weighted by atomic mass is 16.2. The van der Waals surface area contributed by atoms with Crippen LogP contribution >= 0.6 is 0 Å². The molecule has 2 aliphatic heterocycles. The molecule has 1 saturated heterocycles. The van der Waals surface area contributed by atoms with Crippen LogP contribution in [0.5, 0.6) is 0 Å². The molecule has 9 heteroatoms. The maximum atomic E-state index is 13.6. The highest BCUT2D eigenvalue weighted by Crippen LogP contribution is 2.34. The second kappa shape index (κ2) is 8.90. The van der Waals surface area contributed by atoms with Gasteiger partial charge in [0.2, 0.25) is 0 Å². The molecule has 0 spiro atoms. The summed E-state index contributed by atoms with van der Waals surface area (Å²) in [6, 6.07) is 8.12. The third kappa shape index (κ3) is 3.86. The Balaban J connectivity index is 1.50. The molecule has 1 fully saturated rings. The molecule has 0 aliphatic carbocycles. The van der Waals surface area contributed by atoms with Gasteiger partial charge in [-0.05, 0) is 51.4 Å². The third-order valence-corrected chi connectivity index (χ3v) is 6.50. The number of fused-ring (bicyclic) bond motifs is 1. The molecule has 0 bridgehead atoms. The molecule has 1 N–H and O–H groups in total. The van der Waals surface area contributed by atoms with E-state index in [1.54, 1.807) is 11.2 Å². The minimum absolute atomic E-state index is 0.0301. The van der Waals surface area contributed by atoms with E-state index in [0.29, 0.717) is 36.5 Å². The first-order valence-electron chi connectivity index (χ1n) is 11.7. The van der Waals surface area contributed by atoms with Crippen LogP contribution in [0.2, 0.25) is 0 Å². The average molecular weight is 447 g/mol. The summed E-state index contributed by atoms with van der Waals surface area (Å²) < 4.78 is 1.99. The third-order valence-electron chi connectivity index (χ3n) is 6.50. The number of carbonyl (C=O) groups is 1. The van der Waals surface area contributed by atoms with Gasteiger partial charge in [0, 0.05) is 31.2 Å². The summed E-state index contributed by atoms with van der Waals surface area (Å²) in [6.45, 7) is 7.21. The highest BCUT2D eigenvalue weighted by molar-refractivity contribution is 6.10. The summed E-state index contributed by atoms with van der Waals surface area (Å²) >= 11 is 0. The summed E-state index contributed by atoms with van der Waals surface area (Å²) in [4.78, 5) is 27.4. The Morgan fingerprint density at radius 3 is 2.85 bits per heavy atom. The Kier molecular flexibility index (Phi) is 5.80. The van der Waals surface area contributed by atoms with Gasteiger partial charge in [-0.1, -0.05) is 13.0 Å². The average Bonchev–Trinajstić information content (AvgIpc) is 3.54. The number of nitrogens with zero attached hydrogens (tertiary/aromatic N) is 7. The number of hydrogen-bond acceptors (Lipinski definition) is 7. The Hall–Kier alpha value is -3.33. The van der Waals surface area contributed by atoms with Gasteiger partial charge < -0.3 is 14.8 Å². The number of anilines is 2. The zero-order chi connectivity index (χ0) is 22.9. The van der Waals surface area contributed by atoms with Crippen molar-refractivity contribution in [1.29, 1.82) is 0 Å². The predicted octanol–water partition coefficient (Wildman–Crippen LogP) is 3.01. The van der Waals surface area contributed by atoms with Crippen molar-refractivity contribution < 1.29 is 4.79 Å². The monoisotopic (exact) mass is 446 g/mol. The number of hydrogen-bond donors (Lipinski definition) is 1. The van der Waals surface area contributed by atoms with Gasteiger partial charge in [-0.3, -0.25) is 9.69 Å². The van der Waals surface area contributed by atoms with Crippen LogP contribution in [0.15, 0.2) is 30.6 Å². The number of carbonyl (C=O) groups excluding carboxylic acids is 1. The van der Waals surface area contributed by atoms with E-state index < -0.39 is 0 Å². The van der Waals surface area contributed by atoms with Gasteiger partial charge in [-0.25, -0.2) is 9.97 Å². The molecule has 1 atom stereocenters. The van der Waals surface area contributed by atoms with E-state index in [4.69, 9.17) is 9.97 Å². The quantitative estimate of drug-likeness (QED) is 0.596. The number of amides is 1. The van der Waals surface area contributed by atoms with Crippen LogP contribution in [0.3, 0.4) is 0 Å². The molecule has 3 aromatic rings. The van der Waals surface area contributed by atoms with Crippen LogP contribution in [-0.4, -0.2) is 50.3 Å². The lowest BCUT2D eigenvalue weighted by Gasteiger charge is -2.24. The summed E-state index contributed by atoms with van der Waals surface area (Å²) in [5.41, 5.74) is 3.35. The summed E-state index contributed by atoms with van der Waals surface area (Å²) in [5, 5.41) is 11.5. The maximum absolute atomic E-state index is 13.6. The summed E-state index contributed by atoms with van der Waals surface area (Å²) in [7, 11) is 1.91. The topological polar surface area (TPSA) is 92.1 Å². The Morgan fingerprint density at radius 2 is 2.09 bits per heavy atom. The number of nitrogens with one attached hydrogen (secondary N) is 1. The van der Waals surface area contributed by atoms with E-state index in [1.807, 2.05) is 35.9 Å². The van der Waals surface area contributed by atoms with E-state index in [0.717, 1.165) is 55.0 Å². The van der Waals surface area contributed by atoms with Crippen molar-refractivity contribution in [3.8, 4) is 11.5 Å². The number of pyridine rings is 2. The molecule has 9 nitrogen and oxygen atoms in total. The normalized spacial score (nSPS) is 17.8. The smallest absolute Gasteiger partial charge is 0.260 e. The van der Waals surface area contributed by atoms with Crippen LogP contribution in [0.25, 0.3) is 11.5 Å². The van der Waals surface area contributed by atoms with E-state index in [2.05, 4.69) is 34.3 Å². The van der Waals surface area contributed by atoms with Crippen LogP contribution in [0.1, 0.15) is 54.7 Å². The van der Waals surface area contributed by atoms with Gasteiger partial charge in [0.25, 0.3) is 5.91 Å². The van der Waals surface area contributed by atoms with E-state index in [9.17, 15) is 4.79 Å². The molecule has 172 valence electrons. The van der Waals surface area contributed by atoms with E-state index >= 15 is 0 Å². The van der Waals surface area contributed by atoms with Crippen LogP contribution in [0, 0.1) is 0 Å². The molecule has 0 unspecified atom stereocenters. The minimum Gasteiger partial charge on any atom is -0.354 e. The van der Waals surface area contributed by atoms with Crippen LogP contribution < -0.4 is 15.1 Å². The Bertz CT molecular complexity index is 1170. The standard InChI is InChI=1S/C24H30N8O/c1-4-10-30-15-26-29-23(30)19-8-5-9-21(27-19)32-14-18-17(24(32)33)12-22(28-20(18)13-25-3)31-11-6-7-16(31)2/h5,8-9,12,15-16,25H,4,6-7,10-11,13-14H2,1-3H3/t16-/m1/s1. The molecular formula is C24H30N8O. The molecule has 5 rings (SSSR count). The van der Waals surface area contributed by atoms with Gasteiger partial charge in [-0.2, -0.15) is 0 Å². The predicted molar refractivity (Wildman–Crippen MR) is 127 cm³/mol. The number of rotatable bonds is 7. The Morgan fingerprint density at radius 1 is 1.21 bits per heavy atom. The van der Waals surface area contributed by atoms with E-state index in [-0.39, 0.29) is 5.91 Å². The molecule has 33 heavy (non-hydrogen) atoms. The largest absolute Gasteiger partial charge is 0.354 e. The zero-order valence-corrected chi connectivity index (χ0v) is 19.5. The van der Waals surface area contributed by atoms with Crippen LogP contribution in [0.4, 0.5) is 11.6 Å². The lowest BCUT2D eigenvalue weighted by molar-refractivity contribution is 0.0996. The molecule has 1 amide bonds. The van der Waals surface area contributed by atoms with Gasteiger partial charge >= 0.3 is 0 Å². The highest BCUT2D eigenvalue weighted by Gasteiger charge is 2.34. The van der Waals surface area contributed by atoms with Crippen molar-refractivity contribution in [3.63, 3.8) is 0 Å². The molecule has 0 saturated carbocycles. The van der Waals surface area contributed by atoms with E-state index in [1.165, 1.54) is 0 Å². The molecule has 0 radical (unpaired) electrons.